The maximum atomic E-state index is 8.95. The molecular formula is C13H17N3O. The van der Waals surface area contributed by atoms with Crippen molar-refractivity contribution in [2.45, 2.75) is 33.9 Å². The monoisotopic (exact) mass is 231 g/mol. The molecule has 0 unspecified atom stereocenters. The predicted octanol–water partition coefficient (Wildman–Crippen LogP) is 1.74. The average Bonchev–Trinajstić information content (AvgIpc) is 2.71. The Bertz CT molecular complexity index is 508. The van der Waals surface area contributed by atoms with E-state index >= 15 is 0 Å². The van der Waals surface area contributed by atoms with Crippen molar-refractivity contribution in [3.8, 4) is 0 Å². The highest BCUT2D eigenvalue weighted by Crippen LogP contribution is 2.17. The fourth-order valence-corrected chi connectivity index (χ4v) is 2.11. The molecular weight excluding hydrogens is 214 g/mol. The number of rotatable bonds is 3. The van der Waals surface area contributed by atoms with Crippen LogP contribution in [0, 0.1) is 20.8 Å². The second kappa shape index (κ2) is 4.67. The number of nitrogens with zero attached hydrogens (tertiary/aromatic N) is 3. The third-order valence-electron chi connectivity index (χ3n) is 2.91. The summed E-state index contributed by atoms with van der Waals surface area (Å²) in [5.41, 5.74) is 5.68. The normalized spacial score (nSPS) is 10.8. The first-order chi connectivity index (χ1) is 8.10. The second-order valence-electron chi connectivity index (χ2n) is 4.44. The Balaban J connectivity index is 2.29. The van der Waals surface area contributed by atoms with Gasteiger partial charge in [-0.25, -0.2) is 4.68 Å². The van der Waals surface area contributed by atoms with Gasteiger partial charge in [0.1, 0.15) is 5.69 Å². The molecule has 1 heterocycles. The fraction of sp³-hybridized carbons (Fsp3) is 0.385. The Morgan fingerprint density at radius 3 is 2.35 bits per heavy atom. The first-order valence-electron chi connectivity index (χ1n) is 5.66. The van der Waals surface area contributed by atoms with Crippen molar-refractivity contribution in [2.75, 3.05) is 0 Å². The highest BCUT2D eigenvalue weighted by Gasteiger charge is 2.06. The molecule has 4 nitrogen and oxygen atoms in total. The van der Waals surface area contributed by atoms with E-state index in [-0.39, 0.29) is 6.61 Å². The highest BCUT2D eigenvalue weighted by molar-refractivity contribution is 5.37. The van der Waals surface area contributed by atoms with Crippen LogP contribution in [0.3, 0.4) is 0 Å². The summed E-state index contributed by atoms with van der Waals surface area (Å²) in [5.74, 6) is 0. The van der Waals surface area contributed by atoms with E-state index in [4.69, 9.17) is 5.11 Å². The summed E-state index contributed by atoms with van der Waals surface area (Å²) in [6, 6.07) is 4.35. The molecule has 0 radical (unpaired) electrons. The molecule has 0 aliphatic rings. The van der Waals surface area contributed by atoms with E-state index in [0.29, 0.717) is 12.2 Å². The molecule has 1 N–H and O–H groups in total. The van der Waals surface area contributed by atoms with Crippen molar-refractivity contribution in [1.29, 1.82) is 0 Å². The minimum atomic E-state index is -0.0636. The van der Waals surface area contributed by atoms with Crippen LogP contribution in [0.4, 0.5) is 0 Å². The van der Waals surface area contributed by atoms with E-state index in [1.165, 1.54) is 22.3 Å². The Hall–Kier alpha value is -1.68. The van der Waals surface area contributed by atoms with Crippen LogP contribution in [-0.2, 0) is 13.2 Å². The van der Waals surface area contributed by atoms with Crippen LogP contribution in [0.25, 0.3) is 0 Å². The SMILES string of the molecule is Cc1cc(C)c(Cn2cc(CO)nn2)c(C)c1. The van der Waals surface area contributed by atoms with E-state index in [1.807, 2.05) is 0 Å². The molecule has 90 valence electrons. The van der Waals surface area contributed by atoms with Crippen LogP contribution < -0.4 is 0 Å². The van der Waals surface area contributed by atoms with Gasteiger partial charge in [-0.05, 0) is 37.5 Å². The molecule has 0 spiro atoms. The first kappa shape index (κ1) is 11.8. The van der Waals surface area contributed by atoms with Gasteiger partial charge in [0.05, 0.1) is 19.3 Å². The van der Waals surface area contributed by atoms with Crippen LogP contribution in [0.5, 0.6) is 0 Å². The summed E-state index contributed by atoms with van der Waals surface area (Å²) in [5, 5.41) is 16.8. The van der Waals surface area contributed by atoms with Gasteiger partial charge in [-0.1, -0.05) is 22.9 Å². The molecule has 2 rings (SSSR count). The molecule has 2 aromatic rings. The van der Waals surface area contributed by atoms with Crippen molar-refractivity contribution in [2.24, 2.45) is 0 Å². The summed E-state index contributed by atoms with van der Waals surface area (Å²) in [6.45, 7) is 6.96. The van der Waals surface area contributed by atoms with Gasteiger partial charge in [0.2, 0.25) is 0 Å². The van der Waals surface area contributed by atoms with Crippen LogP contribution in [0.1, 0.15) is 27.9 Å². The Morgan fingerprint density at radius 1 is 1.18 bits per heavy atom. The van der Waals surface area contributed by atoms with Gasteiger partial charge in [0, 0.05) is 0 Å². The van der Waals surface area contributed by atoms with E-state index in [2.05, 4.69) is 43.2 Å². The van der Waals surface area contributed by atoms with Gasteiger partial charge in [-0.15, -0.1) is 5.10 Å². The summed E-state index contributed by atoms with van der Waals surface area (Å²) >= 11 is 0. The molecule has 17 heavy (non-hydrogen) atoms. The molecule has 0 atom stereocenters. The molecule has 0 saturated carbocycles. The Labute approximate surface area is 101 Å². The number of aliphatic hydroxyl groups is 1. The highest BCUT2D eigenvalue weighted by atomic mass is 16.3. The molecule has 4 heteroatoms. The number of aliphatic hydroxyl groups excluding tert-OH is 1. The molecule has 0 aliphatic heterocycles. The van der Waals surface area contributed by atoms with Crippen molar-refractivity contribution < 1.29 is 5.11 Å². The summed E-state index contributed by atoms with van der Waals surface area (Å²) in [6.07, 6.45) is 1.78. The lowest BCUT2D eigenvalue weighted by molar-refractivity contribution is 0.276. The number of hydrogen-bond acceptors (Lipinski definition) is 3. The summed E-state index contributed by atoms with van der Waals surface area (Å²) in [4.78, 5) is 0. The third-order valence-corrected chi connectivity index (χ3v) is 2.91. The maximum Gasteiger partial charge on any atom is 0.108 e. The van der Waals surface area contributed by atoms with Crippen LogP contribution >= 0.6 is 0 Å². The largest absolute Gasteiger partial charge is 0.390 e. The lowest BCUT2D eigenvalue weighted by Gasteiger charge is -2.10. The molecule has 1 aromatic heterocycles. The fourth-order valence-electron chi connectivity index (χ4n) is 2.11. The Kier molecular flexibility index (Phi) is 3.24. The predicted molar refractivity (Wildman–Crippen MR) is 65.7 cm³/mol. The number of benzene rings is 1. The lowest BCUT2D eigenvalue weighted by atomic mass is 10.00. The van der Waals surface area contributed by atoms with Gasteiger partial charge in [-0.3, -0.25) is 0 Å². The van der Waals surface area contributed by atoms with Crippen molar-refractivity contribution >= 4 is 0 Å². The standard InChI is InChI=1S/C13H17N3O/c1-9-4-10(2)13(11(3)5-9)7-16-6-12(8-17)14-15-16/h4-6,17H,7-8H2,1-3H3. The average molecular weight is 231 g/mol. The minimum absolute atomic E-state index is 0.0636. The smallest absolute Gasteiger partial charge is 0.108 e. The zero-order valence-electron chi connectivity index (χ0n) is 10.4. The lowest BCUT2D eigenvalue weighted by Crippen LogP contribution is -2.04. The summed E-state index contributed by atoms with van der Waals surface area (Å²) < 4.78 is 1.76. The second-order valence-corrected chi connectivity index (χ2v) is 4.44. The van der Waals surface area contributed by atoms with Gasteiger partial charge in [-0.2, -0.15) is 0 Å². The van der Waals surface area contributed by atoms with Crippen molar-refractivity contribution in [1.82, 2.24) is 15.0 Å². The van der Waals surface area contributed by atoms with Crippen molar-refractivity contribution in [3.63, 3.8) is 0 Å². The molecule has 1 aromatic carbocycles. The van der Waals surface area contributed by atoms with E-state index in [0.717, 1.165) is 0 Å². The van der Waals surface area contributed by atoms with Crippen LogP contribution in [-0.4, -0.2) is 20.1 Å². The number of aromatic nitrogens is 3. The van der Waals surface area contributed by atoms with Crippen LogP contribution in [0.2, 0.25) is 0 Å². The first-order valence-corrected chi connectivity index (χ1v) is 5.66. The van der Waals surface area contributed by atoms with E-state index in [1.54, 1.807) is 10.9 Å². The summed E-state index contributed by atoms with van der Waals surface area (Å²) in [7, 11) is 0. The van der Waals surface area contributed by atoms with Gasteiger partial charge < -0.3 is 5.11 Å². The van der Waals surface area contributed by atoms with Crippen molar-refractivity contribution in [3.05, 3.63) is 46.3 Å². The molecule has 0 aliphatic carbocycles. The number of aryl methyl sites for hydroxylation is 3. The molecule has 0 bridgehead atoms. The zero-order chi connectivity index (χ0) is 12.4. The van der Waals surface area contributed by atoms with E-state index < -0.39 is 0 Å². The van der Waals surface area contributed by atoms with Gasteiger partial charge >= 0.3 is 0 Å². The van der Waals surface area contributed by atoms with Gasteiger partial charge in [0.25, 0.3) is 0 Å². The zero-order valence-corrected chi connectivity index (χ0v) is 10.4. The van der Waals surface area contributed by atoms with E-state index in [9.17, 15) is 0 Å². The van der Waals surface area contributed by atoms with Crippen LogP contribution in [0.15, 0.2) is 18.3 Å². The maximum absolute atomic E-state index is 8.95. The molecule has 0 fully saturated rings. The minimum Gasteiger partial charge on any atom is -0.390 e. The molecule has 0 saturated heterocycles. The number of hydrogen-bond donors (Lipinski definition) is 1. The quantitative estimate of drug-likeness (QED) is 0.875. The third kappa shape index (κ3) is 2.53. The molecule has 0 amide bonds. The van der Waals surface area contributed by atoms with Gasteiger partial charge in [0.15, 0.2) is 0 Å². The Morgan fingerprint density at radius 2 is 1.82 bits per heavy atom. The topological polar surface area (TPSA) is 50.9 Å².